The van der Waals surface area contributed by atoms with Crippen molar-refractivity contribution in [1.29, 1.82) is 0 Å². The van der Waals surface area contributed by atoms with E-state index < -0.39 is 12.7 Å². The summed E-state index contributed by atoms with van der Waals surface area (Å²) in [5.74, 6) is 0. The fourth-order valence-electron chi connectivity index (χ4n) is 5.26. The molecule has 0 bridgehead atoms. The van der Waals surface area contributed by atoms with Crippen molar-refractivity contribution in [3.63, 3.8) is 0 Å². The van der Waals surface area contributed by atoms with Crippen LogP contribution in [0.4, 0.5) is 0 Å². The molecule has 5 rings (SSSR count). The molecule has 1 heterocycles. The molecule has 1 atom stereocenters. The second-order valence-corrected chi connectivity index (χ2v) is 8.44. The topological polar surface area (TPSA) is 43.7 Å². The third-order valence-corrected chi connectivity index (χ3v) is 6.73. The van der Waals surface area contributed by atoms with Gasteiger partial charge in [-0.05, 0) is 40.2 Å². The lowest BCUT2D eigenvalue weighted by atomic mass is 9.75. The van der Waals surface area contributed by atoms with E-state index in [2.05, 4.69) is 103 Å². The SMILES string of the molecule is C[C@@H]1c2ccc(B(O)O)cc2CN1C(c1ccccc1)(c1ccccc1)c1ccccc1. The Morgan fingerprint density at radius 3 is 1.62 bits per heavy atom. The van der Waals surface area contributed by atoms with Crippen molar-refractivity contribution in [2.45, 2.75) is 25.0 Å². The van der Waals surface area contributed by atoms with Crippen LogP contribution in [-0.4, -0.2) is 22.1 Å². The van der Waals surface area contributed by atoms with Gasteiger partial charge < -0.3 is 10.0 Å². The smallest absolute Gasteiger partial charge is 0.423 e. The van der Waals surface area contributed by atoms with E-state index in [9.17, 15) is 10.0 Å². The van der Waals surface area contributed by atoms with Crippen molar-refractivity contribution >= 4 is 12.6 Å². The Kier molecular flexibility index (Phi) is 5.44. The molecule has 0 aromatic heterocycles. The van der Waals surface area contributed by atoms with Gasteiger partial charge in [0.25, 0.3) is 0 Å². The molecule has 158 valence electrons. The van der Waals surface area contributed by atoms with Gasteiger partial charge in [0.2, 0.25) is 0 Å². The Labute approximate surface area is 189 Å². The Balaban J connectivity index is 1.77. The fraction of sp³-hybridized carbons (Fsp3) is 0.143. The van der Waals surface area contributed by atoms with Gasteiger partial charge in [-0.3, -0.25) is 4.90 Å². The van der Waals surface area contributed by atoms with Crippen LogP contribution in [0.25, 0.3) is 0 Å². The van der Waals surface area contributed by atoms with Gasteiger partial charge in [-0.15, -0.1) is 0 Å². The van der Waals surface area contributed by atoms with E-state index in [0.717, 1.165) is 5.56 Å². The molecule has 4 heteroatoms. The molecule has 0 saturated carbocycles. The molecule has 0 aliphatic carbocycles. The highest BCUT2D eigenvalue weighted by Gasteiger charge is 2.47. The minimum absolute atomic E-state index is 0.135. The standard InChI is InChI=1S/C28H26BNO2/c1-21-27-18-17-26(29(31)32)19-22(27)20-30(21)28(23-11-5-2-6-12-23,24-13-7-3-8-14-24)25-15-9-4-10-16-25/h2-19,21,31-32H,20H2,1H3/t21-/m1/s1. The number of hydrogen-bond donors (Lipinski definition) is 2. The van der Waals surface area contributed by atoms with Crippen molar-refractivity contribution in [2.24, 2.45) is 0 Å². The maximum Gasteiger partial charge on any atom is 0.488 e. The van der Waals surface area contributed by atoms with Crippen molar-refractivity contribution in [2.75, 3.05) is 0 Å². The molecule has 0 saturated heterocycles. The van der Waals surface area contributed by atoms with Crippen LogP contribution in [0.5, 0.6) is 0 Å². The lowest BCUT2D eigenvalue weighted by molar-refractivity contribution is 0.118. The number of rotatable bonds is 5. The summed E-state index contributed by atoms with van der Waals surface area (Å²) in [6, 6.07) is 37.9. The summed E-state index contributed by atoms with van der Waals surface area (Å²) in [6.45, 7) is 2.94. The molecule has 1 aliphatic rings. The average Bonchev–Trinajstić information content (AvgIpc) is 3.18. The van der Waals surface area contributed by atoms with Crippen molar-refractivity contribution in [1.82, 2.24) is 4.90 Å². The molecule has 2 N–H and O–H groups in total. The first-order valence-corrected chi connectivity index (χ1v) is 11.0. The van der Waals surface area contributed by atoms with Crippen LogP contribution >= 0.6 is 0 Å². The summed E-state index contributed by atoms with van der Waals surface area (Å²) in [7, 11) is -1.47. The lowest BCUT2D eigenvalue weighted by Crippen LogP contribution is -2.46. The Morgan fingerprint density at radius 1 is 0.719 bits per heavy atom. The summed E-state index contributed by atoms with van der Waals surface area (Å²) in [4.78, 5) is 2.53. The zero-order chi connectivity index (χ0) is 22.1. The van der Waals surface area contributed by atoms with Crippen LogP contribution in [0.2, 0.25) is 0 Å². The van der Waals surface area contributed by atoms with E-state index in [1.54, 1.807) is 0 Å². The van der Waals surface area contributed by atoms with Crippen LogP contribution in [0.1, 0.15) is 40.8 Å². The predicted octanol–water partition coefficient (Wildman–Crippen LogP) is 4.24. The predicted molar refractivity (Wildman–Crippen MR) is 129 cm³/mol. The zero-order valence-corrected chi connectivity index (χ0v) is 18.1. The molecule has 0 fully saturated rings. The molecule has 32 heavy (non-hydrogen) atoms. The number of fused-ring (bicyclic) bond motifs is 1. The monoisotopic (exact) mass is 419 g/mol. The van der Waals surface area contributed by atoms with Crippen molar-refractivity contribution in [3.8, 4) is 0 Å². The molecule has 1 aliphatic heterocycles. The Morgan fingerprint density at radius 2 is 1.19 bits per heavy atom. The minimum atomic E-state index is -1.47. The van der Waals surface area contributed by atoms with Gasteiger partial charge in [0.1, 0.15) is 0 Å². The second kappa shape index (κ2) is 8.40. The highest BCUT2D eigenvalue weighted by atomic mass is 16.4. The highest BCUT2D eigenvalue weighted by molar-refractivity contribution is 6.58. The third-order valence-electron chi connectivity index (χ3n) is 6.73. The molecular weight excluding hydrogens is 393 g/mol. The van der Waals surface area contributed by atoms with Gasteiger partial charge in [0.05, 0.1) is 5.54 Å². The van der Waals surface area contributed by atoms with Gasteiger partial charge >= 0.3 is 7.12 Å². The maximum absolute atomic E-state index is 9.72. The van der Waals surface area contributed by atoms with Crippen LogP contribution in [0, 0.1) is 0 Å². The van der Waals surface area contributed by atoms with Crippen molar-refractivity contribution in [3.05, 3.63) is 137 Å². The first-order chi connectivity index (χ1) is 15.6. The largest absolute Gasteiger partial charge is 0.488 e. The molecule has 3 nitrogen and oxygen atoms in total. The van der Waals surface area contributed by atoms with E-state index in [1.807, 2.05) is 18.2 Å². The van der Waals surface area contributed by atoms with Gasteiger partial charge in [0.15, 0.2) is 0 Å². The zero-order valence-electron chi connectivity index (χ0n) is 18.1. The van der Waals surface area contributed by atoms with Gasteiger partial charge in [-0.1, -0.05) is 109 Å². The van der Waals surface area contributed by atoms with E-state index in [1.165, 1.54) is 22.3 Å². The van der Waals surface area contributed by atoms with Crippen LogP contribution < -0.4 is 5.46 Å². The Bertz CT molecular complexity index is 1100. The molecule has 4 aromatic rings. The van der Waals surface area contributed by atoms with Crippen LogP contribution in [-0.2, 0) is 12.1 Å². The number of nitrogens with zero attached hydrogens (tertiary/aromatic N) is 1. The summed E-state index contributed by atoms with van der Waals surface area (Å²) < 4.78 is 0. The number of hydrogen-bond acceptors (Lipinski definition) is 3. The minimum Gasteiger partial charge on any atom is -0.423 e. The molecular formula is C28H26BNO2. The summed E-state index contributed by atoms with van der Waals surface area (Å²) >= 11 is 0. The van der Waals surface area contributed by atoms with E-state index >= 15 is 0 Å². The average molecular weight is 419 g/mol. The van der Waals surface area contributed by atoms with Gasteiger partial charge in [-0.25, -0.2) is 0 Å². The quantitative estimate of drug-likeness (QED) is 0.376. The summed E-state index contributed by atoms with van der Waals surface area (Å²) in [5, 5.41) is 19.4. The van der Waals surface area contributed by atoms with E-state index in [0.29, 0.717) is 12.0 Å². The second-order valence-electron chi connectivity index (χ2n) is 8.44. The maximum atomic E-state index is 9.72. The summed E-state index contributed by atoms with van der Waals surface area (Å²) in [6.07, 6.45) is 0. The van der Waals surface area contributed by atoms with Crippen LogP contribution in [0.3, 0.4) is 0 Å². The molecule has 0 spiro atoms. The first kappa shape index (κ1) is 20.7. The van der Waals surface area contributed by atoms with E-state index in [-0.39, 0.29) is 6.04 Å². The highest BCUT2D eigenvalue weighted by Crippen LogP contribution is 2.50. The molecule has 0 amide bonds. The van der Waals surface area contributed by atoms with Gasteiger partial charge in [-0.2, -0.15) is 0 Å². The third kappa shape index (κ3) is 3.28. The summed E-state index contributed by atoms with van der Waals surface area (Å²) in [5.41, 5.74) is 6.01. The van der Waals surface area contributed by atoms with E-state index in [4.69, 9.17) is 0 Å². The van der Waals surface area contributed by atoms with Crippen LogP contribution in [0.15, 0.2) is 109 Å². The van der Waals surface area contributed by atoms with Crippen molar-refractivity contribution < 1.29 is 10.0 Å². The normalized spacial score (nSPS) is 16.0. The Hall–Kier alpha value is -3.18. The van der Waals surface area contributed by atoms with Gasteiger partial charge in [0, 0.05) is 12.6 Å². The first-order valence-electron chi connectivity index (χ1n) is 11.0. The fourth-order valence-corrected chi connectivity index (χ4v) is 5.26. The molecule has 4 aromatic carbocycles. The molecule has 0 unspecified atom stereocenters. The molecule has 0 radical (unpaired) electrons. The lowest BCUT2D eigenvalue weighted by Gasteiger charge is -2.46. The number of benzene rings is 4.